The molecule has 0 radical (unpaired) electrons. The van der Waals surface area contributed by atoms with Gasteiger partial charge in [-0.1, -0.05) is 48.5 Å². The highest BCUT2D eigenvalue weighted by Crippen LogP contribution is 2.57. The van der Waals surface area contributed by atoms with Crippen molar-refractivity contribution in [1.82, 2.24) is 4.40 Å². The zero-order chi connectivity index (χ0) is 31.6. The minimum Gasteiger partial charge on any atom is -0.462 e. The summed E-state index contributed by atoms with van der Waals surface area (Å²) in [5.41, 5.74) is 18.1. The minimum atomic E-state index is 0.0980. The SMILES string of the molecule is CC1=C(c2c(C)cccc2C)B2c3ccccc3OC3=Cc4cccc5c4c([n+]1c1cc4cc6c(cc4n51)C1CC4CC(CC6C4)C1)C23. The smallest absolute Gasteiger partial charge is 0.292 e. The van der Waals surface area contributed by atoms with E-state index in [2.05, 4.69) is 115 Å². The first kappa shape index (κ1) is 26.4. The molecule has 4 heterocycles. The molecule has 4 aromatic carbocycles. The fourth-order valence-electron chi connectivity index (χ4n) is 12.0. The number of hydrogen-bond acceptors (Lipinski definition) is 1. The van der Waals surface area contributed by atoms with Gasteiger partial charge in [0.05, 0.1) is 11.2 Å². The molecule has 2 fully saturated rings. The van der Waals surface area contributed by atoms with Crippen molar-refractivity contribution in [3.8, 4) is 5.75 Å². The van der Waals surface area contributed by atoms with Crippen LogP contribution in [0.2, 0.25) is 0 Å². The molecule has 0 spiro atoms. The van der Waals surface area contributed by atoms with Crippen molar-refractivity contribution in [2.24, 2.45) is 11.8 Å². The van der Waals surface area contributed by atoms with Crippen LogP contribution in [0.5, 0.6) is 5.75 Å². The molecule has 4 bridgehead atoms. The van der Waals surface area contributed by atoms with E-state index in [1.54, 1.807) is 11.1 Å². The number of nitrogens with zero attached hydrogens (tertiary/aromatic N) is 2. The Kier molecular flexibility index (Phi) is 4.90. The molecule has 0 N–H and O–H groups in total. The molecule has 232 valence electrons. The highest BCUT2D eigenvalue weighted by molar-refractivity contribution is 6.93. The lowest BCUT2D eigenvalue weighted by molar-refractivity contribution is -0.564. The van der Waals surface area contributed by atoms with Crippen molar-refractivity contribution in [3.63, 3.8) is 0 Å². The standard InChI is InChI=1S/C44H38BN2O/c1-23-8-6-9-24(2)40(23)42-25(3)46-39-21-31-19-32-29-15-26-14-27(16-29)18-30(17-26)33(32)22-36(31)47(39)35-12-7-10-28-20-38-43(44(46)41(28)35)45(42)34-11-4-5-13-37(34)48-38/h4-13,19-22,26-27,29-30,43H,14-18H2,1-3H3/q+1. The Morgan fingerprint density at radius 2 is 1.48 bits per heavy atom. The predicted molar refractivity (Wildman–Crippen MR) is 196 cm³/mol. The van der Waals surface area contributed by atoms with E-state index >= 15 is 0 Å². The maximum Gasteiger partial charge on any atom is 0.292 e. The average Bonchev–Trinajstić information content (AvgIpc) is 3.38. The lowest BCUT2D eigenvalue weighted by atomic mass is 9.28. The van der Waals surface area contributed by atoms with Crippen LogP contribution in [0.4, 0.5) is 0 Å². The molecule has 2 aromatic heterocycles. The number of hydrogen-bond donors (Lipinski definition) is 0. The minimum absolute atomic E-state index is 0.0980. The van der Waals surface area contributed by atoms with Gasteiger partial charge >= 0.3 is 0 Å². The van der Waals surface area contributed by atoms with E-state index in [1.165, 1.54) is 104 Å². The number of aryl methyl sites for hydroxylation is 2. The third kappa shape index (κ3) is 3.16. The molecule has 13 rings (SSSR count). The van der Waals surface area contributed by atoms with E-state index in [4.69, 9.17) is 4.74 Å². The molecule has 5 aliphatic carbocycles. The van der Waals surface area contributed by atoms with Crippen molar-refractivity contribution < 1.29 is 9.30 Å². The third-order valence-corrected chi connectivity index (χ3v) is 13.5. The van der Waals surface area contributed by atoms with E-state index in [-0.39, 0.29) is 12.5 Å². The van der Waals surface area contributed by atoms with Gasteiger partial charge in [-0.3, -0.25) is 0 Å². The van der Waals surface area contributed by atoms with Crippen LogP contribution in [0.1, 0.15) is 95.8 Å². The molecule has 7 aliphatic rings. The second kappa shape index (κ2) is 8.91. The summed E-state index contributed by atoms with van der Waals surface area (Å²) < 4.78 is 12.2. The van der Waals surface area contributed by atoms with Crippen LogP contribution in [0.25, 0.3) is 44.7 Å². The van der Waals surface area contributed by atoms with Crippen LogP contribution in [0.3, 0.4) is 0 Å². The molecular weight excluding hydrogens is 583 g/mol. The average molecular weight is 622 g/mol. The normalized spacial score (nSPS) is 25.8. The van der Waals surface area contributed by atoms with Gasteiger partial charge < -0.3 is 4.74 Å². The molecule has 4 heteroatoms. The first-order valence-electron chi connectivity index (χ1n) is 18.3. The van der Waals surface area contributed by atoms with E-state index in [1.807, 2.05) is 0 Å². The van der Waals surface area contributed by atoms with E-state index in [0.29, 0.717) is 0 Å². The van der Waals surface area contributed by atoms with Gasteiger partial charge in [-0.2, -0.15) is 4.40 Å². The Bertz CT molecular complexity index is 2520. The van der Waals surface area contributed by atoms with Gasteiger partial charge in [-0.15, -0.1) is 0 Å². The molecule has 2 aliphatic heterocycles. The fraction of sp³-hybridized carbons (Fsp3) is 0.295. The molecule has 2 saturated carbocycles. The van der Waals surface area contributed by atoms with Gasteiger partial charge in [-0.05, 0) is 151 Å². The first-order valence-corrected chi connectivity index (χ1v) is 18.3. The Balaban J connectivity index is 1.25. The van der Waals surface area contributed by atoms with E-state index in [9.17, 15) is 0 Å². The summed E-state index contributed by atoms with van der Waals surface area (Å²) in [6.45, 7) is 7.15. The van der Waals surface area contributed by atoms with Crippen molar-refractivity contribution in [3.05, 3.63) is 124 Å². The third-order valence-electron chi connectivity index (χ3n) is 13.5. The van der Waals surface area contributed by atoms with Crippen molar-refractivity contribution >= 4 is 56.9 Å². The summed E-state index contributed by atoms with van der Waals surface area (Å²) in [7, 11) is 0. The molecule has 0 saturated heterocycles. The zero-order valence-corrected chi connectivity index (χ0v) is 27.9. The predicted octanol–water partition coefficient (Wildman–Crippen LogP) is 9.25. The molecular formula is C44H38BN2O+. The van der Waals surface area contributed by atoms with Gasteiger partial charge in [0.15, 0.2) is 0 Å². The number of fused-ring (bicyclic) bond motifs is 7. The molecule has 3 unspecified atom stereocenters. The van der Waals surface area contributed by atoms with Crippen molar-refractivity contribution in [2.45, 2.75) is 70.5 Å². The first-order chi connectivity index (χ1) is 23.5. The second-order valence-corrected chi connectivity index (χ2v) is 16.1. The van der Waals surface area contributed by atoms with Gasteiger partial charge in [0.1, 0.15) is 33.9 Å². The number of rotatable bonds is 1. The number of allylic oxidation sites excluding steroid dienone is 2. The highest BCUT2D eigenvalue weighted by Gasteiger charge is 2.52. The van der Waals surface area contributed by atoms with Crippen LogP contribution >= 0.6 is 0 Å². The fourth-order valence-corrected chi connectivity index (χ4v) is 12.0. The largest absolute Gasteiger partial charge is 0.462 e. The highest BCUT2D eigenvalue weighted by atomic mass is 16.5. The van der Waals surface area contributed by atoms with Crippen molar-refractivity contribution in [1.29, 1.82) is 0 Å². The van der Waals surface area contributed by atoms with Gasteiger partial charge in [0.2, 0.25) is 6.71 Å². The molecule has 3 nitrogen and oxygen atoms in total. The molecule has 48 heavy (non-hydrogen) atoms. The maximum absolute atomic E-state index is 6.89. The number of benzene rings is 4. The van der Waals surface area contributed by atoms with Gasteiger partial charge in [-0.25, -0.2) is 4.57 Å². The summed E-state index contributed by atoms with van der Waals surface area (Å²) >= 11 is 0. The lowest BCUT2D eigenvalue weighted by Crippen LogP contribution is -2.56. The molecule has 6 aromatic rings. The Morgan fingerprint density at radius 1 is 0.750 bits per heavy atom. The summed E-state index contributed by atoms with van der Waals surface area (Å²) in [6, 6.07) is 30.3. The summed E-state index contributed by atoms with van der Waals surface area (Å²) in [5.74, 6) is 5.47. The zero-order valence-electron chi connectivity index (χ0n) is 27.9. The molecule has 3 atom stereocenters. The Labute approximate surface area is 281 Å². The van der Waals surface area contributed by atoms with Crippen LogP contribution in [0, 0.1) is 25.7 Å². The van der Waals surface area contributed by atoms with Crippen LogP contribution in [-0.4, -0.2) is 11.1 Å². The lowest BCUT2D eigenvalue weighted by Gasteiger charge is -2.40. The summed E-state index contributed by atoms with van der Waals surface area (Å²) in [4.78, 5) is 0. The van der Waals surface area contributed by atoms with Crippen molar-refractivity contribution in [2.75, 3.05) is 0 Å². The van der Waals surface area contributed by atoms with Gasteiger partial charge in [0.25, 0.3) is 5.65 Å². The molecule has 0 amide bonds. The van der Waals surface area contributed by atoms with Crippen LogP contribution < -0.4 is 14.8 Å². The Morgan fingerprint density at radius 3 is 2.27 bits per heavy atom. The second-order valence-electron chi connectivity index (χ2n) is 16.1. The van der Waals surface area contributed by atoms with Crippen LogP contribution in [0.15, 0.2) is 84.6 Å². The topological polar surface area (TPSA) is 17.5 Å². The maximum atomic E-state index is 6.89. The van der Waals surface area contributed by atoms with E-state index < -0.39 is 0 Å². The number of para-hydroxylation sites is 1. The van der Waals surface area contributed by atoms with Gasteiger partial charge in [0, 0.05) is 11.5 Å². The monoisotopic (exact) mass is 621 g/mol. The summed E-state index contributed by atoms with van der Waals surface area (Å²) in [6.07, 6.45) is 9.41. The summed E-state index contributed by atoms with van der Waals surface area (Å²) in [5, 5.41) is 2.77. The van der Waals surface area contributed by atoms with Crippen LogP contribution in [-0.2, 0) is 0 Å². The van der Waals surface area contributed by atoms with E-state index in [0.717, 1.165) is 35.2 Å². The quantitative estimate of drug-likeness (QED) is 0.132. The number of aromatic nitrogens is 2. The number of ether oxygens (including phenoxy) is 1. The Hall–Kier alpha value is -4.57.